The van der Waals surface area contributed by atoms with Gasteiger partial charge in [-0.05, 0) is 29.8 Å². The molecular weight excluding hydrogens is 334 g/mol. The molecule has 2 heterocycles. The van der Waals surface area contributed by atoms with E-state index in [-0.39, 0.29) is 5.91 Å². The third-order valence-electron chi connectivity index (χ3n) is 4.23. The summed E-state index contributed by atoms with van der Waals surface area (Å²) in [6.07, 6.45) is 1.64. The Balaban J connectivity index is 1.66. The van der Waals surface area contributed by atoms with Crippen LogP contribution in [0.4, 0.5) is 5.82 Å². The Hall–Kier alpha value is -2.80. The average molecular weight is 357 g/mol. The van der Waals surface area contributed by atoms with Crippen molar-refractivity contribution in [2.75, 3.05) is 45.8 Å². The molecule has 0 unspecified atom stereocenters. The van der Waals surface area contributed by atoms with Crippen LogP contribution in [0.3, 0.4) is 0 Å². The van der Waals surface area contributed by atoms with Gasteiger partial charge in [0.2, 0.25) is 0 Å². The molecule has 0 aliphatic carbocycles. The Bertz CT molecular complexity index is 760. The van der Waals surface area contributed by atoms with E-state index in [0.29, 0.717) is 55.7 Å². The zero-order valence-corrected chi connectivity index (χ0v) is 15.0. The topological polar surface area (TPSA) is 72.9 Å². The number of morpholine rings is 1. The molecule has 0 bridgehead atoms. The molecule has 1 fully saturated rings. The molecule has 1 amide bonds. The molecule has 1 aromatic carbocycles. The molecule has 0 radical (unpaired) electrons. The van der Waals surface area contributed by atoms with Crippen LogP contribution in [0.15, 0.2) is 36.5 Å². The minimum atomic E-state index is 0.00451. The summed E-state index contributed by atoms with van der Waals surface area (Å²) in [5.74, 6) is 2.02. The van der Waals surface area contributed by atoms with Crippen molar-refractivity contribution in [3.63, 3.8) is 0 Å². The van der Waals surface area contributed by atoms with Crippen LogP contribution >= 0.6 is 0 Å². The average Bonchev–Trinajstić information content (AvgIpc) is 2.72. The SMILES string of the molecule is COc1ccc(CNc2cc(C(=O)N3CCOCC3)ccn2)cc1OC. The Kier molecular flexibility index (Phi) is 5.91. The summed E-state index contributed by atoms with van der Waals surface area (Å²) in [5.41, 5.74) is 1.64. The first kappa shape index (κ1) is 18.0. The van der Waals surface area contributed by atoms with E-state index in [1.165, 1.54) is 0 Å². The van der Waals surface area contributed by atoms with Crippen molar-refractivity contribution in [2.24, 2.45) is 0 Å². The number of amides is 1. The van der Waals surface area contributed by atoms with Crippen LogP contribution < -0.4 is 14.8 Å². The molecule has 2 aromatic rings. The Morgan fingerprint density at radius 2 is 1.92 bits per heavy atom. The number of hydrogen-bond donors (Lipinski definition) is 1. The minimum absolute atomic E-state index is 0.00451. The number of aromatic nitrogens is 1. The third kappa shape index (κ3) is 4.23. The van der Waals surface area contributed by atoms with Gasteiger partial charge in [-0.2, -0.15) is 0 Å². The predicted molar refractivity (Wildman–Crippen MR) is 97.8 cm³/mol. The van der Waals surface area contributed by atoms with Crippen LogP contribution in [0.5, 0.6) is 11.5 Å². The number of nitrogens with zero attached hydrogens (tertiary/aromatic N) is 2. The lowest BCUT2D eigenvalue weighted by Crippen LogP contribution is -2.40. The normalized spacial score (nSPS) is 14.0. The van der Waals surface area contributed by atoms with Crippen LogP contribution in [-0.4, -0.2) is 56.3 Å². The fraction of sp³-hybridized carbons (Fsp3) is 0.368. The van der Waals surface area contributed by atoms with Crippen LogP contribution in [-0.2, 0) is 11.3 Å². The molecule has 7 nitrogen and oxygen atoms in total. The molecule has 1 aromatic heterocycles. The zero-order chi connectivity index (χ0) is 18.4. The van der Waals surface area contributed by atoms with E-state index in [0.717, 1.165) is 5.56 Å². The molecule has 1 aliphatic rings. The number of pyridine rings is 1. The second-order valence-electron chi connectivity index (χ2n) is 5.88. The third-order valence-corrected chi connectivity index (χ3v) is 4.23. The van der Waals surface area contributed by atoms with Gasteiger partial charge in [-0.3, -0.25) is 4.79 Å². The van der Waals surface area contributed by atoms with E-state index in [1.54, 1.807) is 37.4 Å². The first-order valence-electron chi connectivity index (χ1n) is 8.49. The van der Waals surface area contributed by atoms with Gasteiger partial charge in [0.1, 0.15) is 5.82 Å². The van der Waals surface area contributed by atoms with Crippen LogP contribution in [0.2, 0.25) is 0 Å². The monoisotopic (exact) mass is 357 g/mol. The first-order valence-corrected chi connectivity index (χ1v) is 8.49. The molecule has 1 aliphatic heterocycles. The second kappa shape index (κ2) is 8.53. The van der Waals surface area contributed by atoms with E-state index in [2.05, 4.69) is 10.3 Å². The molecule has 0 saturated carbocycles. The first-order chi connectivity index (χ1) is 12.7. The number of anilines is 1. The van der Waals surface area contributed by atoms with Crippen LogP contribution in [0.25, 0.3) is 0 Å². The lowest BCUT2D eigenvalue weighted by atomic mass is 10.2. The van der Waals surface area contributed by atoms with E-state index < -0.39 is 0 Å². The highest BCUT2D eigenvalue weighted by molar-refractivity contribution is 5.94. The highest BCUT2D eigenvalue weighted by Crippen LogP contribution is 2.27. The summed E-state index contributed by atoms with van der Waals surface area (Å²) in [4.78, 5) is 18.7. The highest BCUT2D eigenvalue weighted by atomic mass is 16.5. The van der Waals surface area contributed by atoms with E-state index in [4.69, 9.17) is 14.2 Å². The molecule has 138 valence electrons. The Morgan fingerprint density at radius 3 is 2.65 bits per heavy atom. The number of ether oxygens (including phenoxy) is 3. The standard InChI is InChI=1S/C19H23N3O4/c1-24-16-4-3-14(11-17(16)25-2)13-21-18-12-15(5-6-20-18)19(23)22-7-9-26-10-8-22/h3-6,11-12H,7-10,13H2,1-2H3,(H,20,21). The maximum atomic E-state index is 12.6. The van der Waals surface area contributed by atoms with Gasteiger partial charge in [0.15, 0.2) is 11.5 Å². The predicted octanol–water partition coefficient (Wildman–Crippen LogP) is 2.18. The van der Waals surface area contributed by atoms with Gasteiger partial charge in [0, 0.05) is 31.4 Å². The molecule has 26 heavy (non-hydrogen) atoms. The fourth-order valence-electron chi connectivity index (χ4n) is 2.79. The van der Waals surface area contributed by atoms with Crippen molar-refractivity contribution in [3.05, 3.63) is 47.7 Å². The Morgan fingerprint density at radius 1 is 1.15 bits per heavy atom. The second-order valence-corrected chi connectivity index (χ2v) is 5.88. The van der Waals surface area contributed by atoms with Gasteiger partial charge in [0.25, 0.3) is 5.91 Å². The molecule has 1 N–H and O–H groups in total. The molecule has 0 spiro atoms. The summed E-state index contributed by atoms with van der Waals surface area (Å²) in [6, 6.07) is 9.24. The van der Waals surface area contributed by atoms with Crippen LogP contribution in [0.1, 0.15) is 15.9 Å². The van der Waals surface area contributed by atoms with Crippen molar-refractivity contribution >= 4 is 11.7 Å². The molecule has 3 rings (SSSR count). The summed E-state index contributed by atoms with van der Waals surface area (Å²) in [7, 11) is 3.22. The molecule has 7 heteroatoms. The maximum Gasteiger partial charge on any atom is 0.254 e. The van der Waals surface area contributed by atoms with E-state index in [9.17, 15) is 4.79 Å². The number of rotatable bonds is 6. The van der Waals surface area contributed by atoms with Gasteiger partial charge < -0.3 is 24.4 Å². The maximum absolute atomic E-state index is 12.6. The number of methoxy groups -OCH3 is 2. The van der Waals surface area contributed by atoms with Gasteiger partial charge in [-0.25, -0.2) is 4.98 Å². The van der Waals surface area contributed by atoms with Crippen LogP contribution in [0, 0.1) is 0 Å². The van der Waals surface area contributed by atoms with Crippen molar-refractivity contribution in [2.45, 2.75) is 6.54 Å². The lowest BCUT2D eigenvalue weighted by Gasteiger charge is -2.26. The summed E-state index contributed by atoms with van der Waals surface area (Å²) < 4.78 is 15.9. The minimum Gasteiger partial charge on any atom is -0.493 e. The number of nitrogens with one attached hydrogen (secondary N) is 1. The molecular formula is C19H23N3O4. The van der Waals surface area contributed by atoms with Crippen molar-refractivity contribution < 1.29 is 19.0 Å². The smallest absolute Gasteiger partial charge is 0.254 e. The van der Waals surface area contributed by atoms with Gasteiger partial charge in [-0.1, -0.05) is 6.07 Å². The van der Waals surface area contributed by atoms with Crippen molar-refractivity contribution in [1.29, 1.82) is 0 Å². The number of benzene rings is 1. The number of carbonyl (C=O) groups is 1. The van der Waals surface area contributed by atoms with Gasteiger partial charge >= 0.3 is 0 Å². The largest absolute Gasteiger partial charge is 0.493 e. The van der Waals surface area contributed by atoms with E-state index in [1.807, 2.05) is 18.2 Å². The molecule has 0 atom stereocenters. The zero-order valence-electron chi connectivity index (χ0n) is 15.0. The summed E-state index contributed by atoms with van der Waals surface area (Å²) in [5, 5.41) is 3.25. The quantitative estimate of drug-likeness (QED) is 0.854. The summed E-state index contributed by atoms with van der Waals surface area (Å²) >= 11 is 0. The summed E-state index contributed by atoms with van der Waals surface area (Å²) in [6.45, 7) is 2.97. The fourth-order valence-corrected chi connectivity index (χ4v) is 2.79. The van der Waals surface area contributed by atoms with Gasteiger partial charge in [-0.15, -0.1) is 0 Å². The lowest BCUT2D eigenvalue weighted by molar-refractivity contribution is 0.0303. The van der Waals surface area contributed by atoms with Crippen molar-refractivity contribution in [3.8, 4) is 11.5 Å². The highest BCUT2D eigenvalue weighted by Gasteiger charge is 2.18. The van der Waals surface area contributed by atoms with Gasteiger partial charge in [0.05, 0.1) is 27.4 Å². The Labute approximate surface area is 152 Å². The molecule has 1 saturated heterocycles. The number of carbonyl (C=O) groups excluding carboxylic acids is 1. The van der Waals surface area contributed by atoms with Crippen molar-refractivity contribution in [1.82, 2.24) is 9.88 Å². The number of hydrogen-bond acceptors (Lipinski definition) is 6. The van der Waals surface area contributed by atoms with E-state index >= 15 is 0 Å².